The first-order valence-electron chi connectivity index (χ1n) is 6.42. The second-order valence-electron chi connectivity index (χ2n) is 4.82. The van der Waals surface area contributed by atoms with Crippen LogP contribution in [0.3, 0.4) is 0 Å². The maximum atomic E-state index is 13.5. The molecule has 2 aromatic heterocycles. The lowest BCUT2D eigenvalue weighted by Gasteiger charge is -2.08. The molecule has 0 radical (unpaired) electrons. The number of aryl methyl sites for hydroxylation is 1. The number of aromatic nitrogens is 1. The minimum absolute atomic E-state index is 0.104. The average Bonchev–Trinajstić information content (AvgIpc) is 2.45. The maximum absolute atomic E-state index is 13.5. The molecule has 3 rings (SSSR count). The van der Waals surface area contributed by atoms with E-state index >= 15 is 0 Å². The van der Waals surface area contributed by atoms with Crippen LogP contribution >= 0.6 is 0 Å². The Morgan fingerprint density at radius 1 is 1.36 bits per heavy atom. The molecular formula is C16H10FN3O2. The van der Waals surface area contributed by atoms with Gasteiger partial charge in [-0.3, -0.25) is 10.2 Å². The summed E-state index contributed by atoms with van der Waals surface area (Å²) in [5, 5.41) is 17.3. The third kappa shape index (κ3) is 2.09. The van der Waals surface area contributed by atoms with Gasteiger partial charge in [-0.05, 0) is 24.6 Å². The Morgan fingerprint density at radius 3 is 2.82 bits per heavy atom. The Morgan fingerprint density at radius 2 is 2.14 bits per heavy atom. The molecule has 0 aliphatic rings. The highest BCUT2D eigenvalue weighted by molar-refractivity contribution is 5.95. The van der Waals surface area contributed by atoms with E-state index in [0.29, 0.717) is 11.3 Å². The van der Waals surface area contributed by atoms with Crippen LogP contribution in [0.25, 0.3) is 22.1 Å². The minimum Gasteiger partial charge on any atom is -0.437 e. The first kappa shape index (κ1) is 13.8. The van der Waals surface area contributed by atoms with Crippen molar-refractivity contribution in [3.63, 3.8) is 0 Å². The van der Waals surface area contributed by atoms with Crippen molar-refractivity contribution in [2.24, 2.45) is 0 Å². The standard InChI is InChI=1S/C16H10FN3O2/c1-8-5-12-14(16(21)20-8)13(11(7-18)15(19)22-12)9-3-2-4-10(17)6-9/h2-6,19H,1H3,(H,20,21). The number of benzene rings is 1. The summed E-state index contributed by atoms with van der Waals surface area (Å²) in [4.78, 5) is 14.9. The lowest BCUT2D eigenvalue weighted by molar-refractivity contribution is 0.530. The summed E-state index contributed by atoms with van der Waals surface area (Å²) in [6, 6.07) is 8.97. The number of halogens is 1. The van der Waals surface area contributed by atoms with Gasteiger partial charge < -0.3 is 9.40 Å². The number of aromatic amines is 1. The van der Waals surface area contributed by atoms with Gasteiger partial charge >= 0.3 is 0 Å². The number of pyridine rings is 1. The number of fused-ring (bicyclic) bond motifs is 1. The smallest absolute Gasteiger partial charge is 0.259 e. The summed E-state index contributed by atoms with van der Waals surface area (Å²) in [6.45, 7) is 1.68. The van der Waals surface area contributed by atoms with Crippen molar-refractivity contribution in [2.75, 3.05) is 0 Å². The van der Waals surface area contributed by atoms with Crippen LogP contribution < -0.4 is 11.1 Å². The van der Waals surface area contributed by atoms with E-state index in [2.05, 4.69) is 4.98 Å². The van der Waals surface area contributed by atoms with Crippen molar-refractivity contribution in [3.8, 4) is 17.2 Å². The van der Waals surface area contributed by atoms with Crippen molar-refractivity contribution in [3.05, 3.63) is 63.3 Å². The molecule has 0 spiro atoms. The molecule has 0 saturated carbocycles. The number of H-pyrrole nitrogens is 1. The Kier molecular flexibility index (Phi) is 3.11. The Bertz CT molecular complexity index is 1060. The van der Waals surface area contributed by atoms with Crippen LogP contribution in [0.5, 0.6) is 0 Å². The van der Waals surface area contributed by atoms with Crippen LogP contribution in [-0.4, -0.2) is 4.98 Å². The van der Waals surface area contributed by atoms with Gasteiger partial charge in [0.25, 0.3) is 5.56 Å². The number of hydrogen-bond donors (Lipinski definition) is 2. The van der Waals surface area contributed by atoms with E-state index < -0.39 is 11.4 Å². The topological polar surface area (TPSA) is 93.6 Å². The molecule has 108 valence electrons. The van der Waals surface area contributed by atoms with Crippen LogP contribution in [0.15, 0.2) is 39.5 Å². The summed E-state index contributed by atoms with van der Waals surface area (Å²) < 4.78 is 18.8. The van der Waals surface area contributed by atoms with E-state index in [1.165, 1.54) is 18.2 Å². The Hall–Kier alpha value is -3.20. The first-order valence-corrected chi connectivity index (χ1v) is 6.42. The maximum Gasteiger partial charge on any atom is 0.259 e. The van der Waals surface area contributed by atoms with E-state index in [-0.39, 0.29) is 27.7 Å². The zero-order chi connectivity index (χ0) is 15.9. The summed E-state index contributed by atoms with van der Waals surface area (Å²) in [6.07, 6.45) is 0. The van der Waals surface area contributed by atoms with E-state index in [4.69, 9.17) is 9.83 Å². The zero-order valence-corrected chi connectivity index (χ0v) is 11.5. The van der Waals surface area contributed by atoms with Gasteiger partial charge in [-0.25, -0.2) is 4.39 Å². The number of nitriles is 1. The number of hydrogen-bond acceptors (Lipinski definition) is 4. The fourth-order valence-corrected chi connectivity index (χ4v) is 2.41. The Balaban J connectivity index is 2.59. The van der Waals surface area contributed by atoms with Gasteiger partial charge in [-0.15, -0.1) is 0 Å². The molecule has 22 heavy (non-hydrogen) atoms. The van der Waals surface area contributed by atoms with Gasteiger partial charge in [0.15, 0.2) is 0 Å². The molecule has 0 aliphatic carbocycles. The van der Waals surface area contributed by atoms with Crippen LogP contribution in [0.1, 0.15) is 11.3 Å². The first-order chi connectivity index (χ1) is 10.5. The minimum atomic E-state index is -0.495. The monoisotopic (exact) mass is 295 g/mol. The molecule has 6 heteroatoms. The molecule has 0 amide bonds. The summed E-state index contributed by atoms with van der Waals surface area (Å²) in [7, 11) is 0. The predicted octanol–water partition coefficient (Wildman–Crippen LogP) is 2.59. The second-order valence-corrected chi connectivity index (χ2v) is 4.82. The van der Waals surface area contributed by atoms with Gasteiger partial charge in [0.1, 0.15) is 23.0 Å². The van der Waals surface area contributed by atoms with Gasteiger partial charge in [0.2, 0.25) is 5.55 Å². The van der Waals surface area contributed by atoms with Gasteiger partial charge in [-0.2, -0.15) is 5.26 Å². The Labute approximate surface area is 123 Å². The van der Waals surface area contributed by atoms with Crippen molar-refractivity contribution in [1.82, 2.24) is 4.98 Å². The molecule has 5 nitrogen and oxygen atoms in total. The lowest BCUT2D eigenvalue weighted by atomic mass is 9.98. The molecule has 0 bridgehead atoms. The largest absolute Gasteiger partial charge is 0.437 e. The van der Waals surface area contributed by atoms with Gasteiger partial charge in [0.05, 0.1) is 5.39 Å². The molecule has 0 atom stereocenters. The molecule has 2 N–H and O–H groups in total. The highest BCUT2D eigenvalue weighted by atomic mass is 19.1. The van der Waals surface area contributed by atoms with E-state index in [9.17, 15) is 14.4 Å². The van der Waals surface area contributed by atoms with Crippen LogP contribution in [0, 0.1) is 29.5 Å². The molecule has 0 saturated heterocycles. The summed E-state index contributed by atoms with van der Waals surface area (Å²) >= 11 is 0. The summed E-state index contributed by atoms with van der Waals surface area (Å²) in [5.41, 5.74) is 0.385. The zero-order valence-electron chi connectivity index (χ0n) is 11.5. The third-order valence-corrected chi connectivity index (χ3v) is 3.30. The molecule has 0 aliphatic heterocycles. The fourth-order valence-electron chi connectivity index (χ4n) is 2.41. The van der Waals surface area contributed by atoms with E-state index in [1.54, 1.807) is 19.1 Å². The lowest BCUT2D eigenvalue weighted by Crippen LogP contribution is -2.15. The fraction of sp³-hybridized carbons (Fsp3) is 0.0625. The third-order valence-electron chi connectivity index (χ3n) is 3.30. The van der Waals surface area contributed by atoms with Crippen molar-refractivity contribution < 1.29 is 8.81 Å². The predicted molar refractivity (Wildman–Crippen MR) is 77.5 cm³/mol. The highest BCUT2D eigenvalue weighted by Gasteiger charge is 2.18. The number of rotatable bonds is 1. The molecule has 0 fully saturated rings. The molecular weight excluding hydrogens is 285 g/mol. The quantitative estimate of drug-likeness (QED) is 0.722. The van der Waals surface area contributed by atoms with Crippen molar-refractivity contribution in [2.45, 2.75) is 6.92 Å². The van der Waals surface area contributed by atoms with E-state index in [0.717, 1.165) is 0 Å². The molecule has 2 heterocycles. The van der Waals surface area contributed by atoms with E-state index in [1.807, 2.05) is 6.07 Å². The normalized spacial score (nSPS) is 10.6. The molecule has 3 aromatic rings. The van der Waals surface area contributed by atoms with Crippen molar-refractivity contribution in [1.29, 1.82) is 10.7 Å². The SMILES string of the molecule is Cc1cc2oc(=N)c(C#N)c(-c3cccc(F)c3)c2c(=O)[nH]1. The van der Waals surface area contributed by atoms with Crippen molar-refractivity contribution >= 4 is 11.0 Å². The highest BCUT2D eigenvalue weighted by Crippen LogP contribution is 2.28. The molecule has 1 aromatic carbocycles. The van der Waals surface area contributed by atoms with Crippen LogP contribution in [0.2, 0.25) is 0 Å². The molecule has 0 unspecified atom stereocenters. The number of nitrogens with zero attached hydrogens (tertiary/aromatic N) is 1. The summed E-state index contributed by atoms with van der Waals surface area (Å²) in [5.74, 6) is -0.495. The average molecular weight is 295 g/mol. The van der Waals surface area contributed by atoms with Gasteiger partial charge in [0, 0.05) is 17.3 Å². The second kappa shape index (κ2) is 4.97. The number of nitrogens with one attached hydrogen (secondary N) is 2. The van der Waals surface area contributed by atoms with Crippen LogP contribution in [0.4, 0.5) is 4.39 Å². The van der Waals surface area contributed by atoms with Crippen LogP contribution in [-0.2, 0) is 0 Å². The van der Waals surface area contributed by atoms with Gasteiger partial charge in [-0.1, -0.05) is 12.1 Å².